The van der Waals surface area contributed by atoms with Gasteiger partial charge in [-0.2, -0.15) is 0 Å². The van der Waals surface area contributed by atoms with Gasteiger partial charge in [0.2, 0.25) is 0 Å². The molecule has 6 nitrogen and oxygen atoms in total. The van der Waals surface area contributed by atoms with Crippen molar-refractivity contribution in [3.8, 4) is 0 Å². The molecule has 2 aliphatic heterocycles. The minimum atomic E-state index is -0.473. The predicted octanol–water partition coefficient (Wildman–Crippen LogP) is 4.19. The third-order valence-electron chi connectivity index (χ3n) is 5.74. The Hall–Kier alpha value is -1.91. The largest absolute Gasteiger partial charge is 0.454 e. The van der Waals surface area contributed by atoms with E-state index in [0.717, 1.165) is 23.5 Å². The fourth-order valence-corrected chi connectivity index (χ4v) is 4.39. The number of hydrogen-bond acceptors (Lipinski definition) is 6. The molecule has 180 valence electrons. The number of ether oxygens (including phenoxy) is 3. The zero-order valence-electron chi connectivity index (χ0n) is 18.9. The predicted molar refractivity (Wildman–Crippen MR) is 138 cm³/mol. The van der Waals surface area contributed by atoms with E-state index in [1.54, 1.807) is 6.08 Å². The van der Waals surface area contributed by atoms with E-state index < -0.39 is 12.1 Å². The summed E-state index contributed by atoms with van der Waals surface area (Å²) in [5.41, 5.74) is 4.53. The highest BCUT2D eigenvalue weighted by Crippen LogP contribution is 2.30. The van der Waals surface area contributed by atoms with Gasteiger partial charge in [-0.1, -0.05) is 60.7 Å². The Kier molecular flexibility index (Phi) is 9.41. The maximum Gasteiger partial charge on any atom is 0.331 e. The topological polar surface area (TPSA) is 63.2 Å². The van der Waals surface area contributed by atoms with Crippen molar-refractivity contribution in [2.75, 3.05) is 19.8 Å². The molecule has 0 bridgehead atoms. The summed E-state index contributed by atoms with van der Waals surface area (Å²) in [6.45, 7) is 0.895. The number of benzene rings is 2. The monoisotopic (exact) mass is 500 g/mol. The van der Waals surface area contributed by atoms with Crippen LogP contribution in [0.3, 0.4) is 0 Å². The molecule has 0 radical (unpaired) electrons. The molecule has 0 saturated carbocycles. The van der Waals surface area contributed by atoms with Gasteiger partial charge in [0.05, 0.1) is 13.2 Å². The van der Waals surface area contributed by atoms with E-state index in [-0.39, 0.29) is 24.9 Å². The Morgan fingerprint density at radius 3 is 2.03 bits per heavy atom. The summed E-state index contributed by atoms with van der Waals surface area (Å²) in [7, 11) is 5.40. The van der Waals surface area contributed by atoms with Gasteiger partial charge in [-0.15, -0.1) is 18.5 Å². The first-order chi connectivity index (χ1) is 16.7. The molecule has 0 aromatic heterocycles. The van der Waals surface area contributed by atoms with Crippen LogP contribution in [0.25, 0.3) is 12.2 Å². The Balaban J connectivity index is 1.18. The van der Waals surface area contributed by atoms with Crippen molar-refractivity contribution in [2.24, 2.45) is 0 Å². The van der Waals surface area contributed by atoms with Crippen LogP contribution >= 0.6 is 18.5 Å². The maximum absolute atomic E-state index is 12.3. The second kappa shape index (κ2) is 12.7. The van der Waals surface area contributed by atoms with Crippen molar-refractivity contribution < 1.29 is 28.8 Å². The average molecular weight is 500 g/mol. The van der Waals surface area contributed by atoms with Gasteiger partial charge >= 0.3 is 5.97 Å². The Morgan fingerprint density at radius 1 is 0.853 bits per heavy atom. The van der Waals surface area contributed by atoms with Crippen LogP contribution in [-0.2, 0) is 41.1 Å². The molecule has 2 aliphatic rings. The molecule has 2 aromatic rings. The molecular weight excluding hydrogens is 470 g/mol. The molecule has 2 heterocycles. The summed E-state index contributed by atoms with van der Waals surface area (Å²) in [5.74, 6) is -0.426. The van der Waals surface area contributed by atoms with Crippen LogP contribution in [-0.4, -0.2) is 50.2 Å². The number of fused-ring (bicyclic) bond motifs is 1. The molecule has 34 heavy (non-hydrogen) atoms. The van der Waals surface area contributed by atoms with Crippen LogP contribution in [0.15, 0.2) is 60.7 Å². The second-order valence-corrected chi connectivity index (χ2v) is 8.93. The number of rotatable bonds is 10. The van der Waals surface area contributed by atoms with E-state index in [4.69, 9.17) is 24.0 Å². The molecule has 2 saturated heterocycles. The summed E-state index contributed by atoms with van der Waals surface area (Å²) in [6.07, 6.45) is 7.35. The standard InChI is InChI=1S/C26H30O6P2/c27-24(12-11-19-5-9-21(17-34)10-6-19)31-22-14-28-26-23(15-29-25(22)26)32-30-13-1-2-18-3-7-20(16-33)8-4-18/h1-12,22-23,25-26H,13-17,33-34H2/b2-1+,12-11+. The van der Waals surface area contributed by atoms with Crippen molar-refractivity contribution in [2.45, 2.75) is 36.7 Å². The number of hydrogen-bond donors (Lipinski definition) is 0. The zero-order valence-corrected chi connectivity index (χ0v) is 21.2. The fourth-order valence-electron chi connectivity index (χ4n) is 3.85. The fraction of sp³-hybridized carbons (Fsp3) is 0.346. The van der Waals surface area contributed by atoms with Gasteiger partial charge in [0.25, 0.3) is 0 Å². The second-order valence-electron chi connectivity index (χ2n) is 8.12. The van der Waals surface area contributed by atoms with E-state index in [1.807, 2.05) is 36.4 Å². The molecule has 0 aliphatic carbocycles. The van der Waals surface area contributed by atoms with E-state index in [2.05, 4.69) is 42.7 Å². The minimum Gasteiger partial charge on any atom is -0.454 e. The summed E-state index contributed by atoms with van der Waals surface area (Å²) < 4.78 is 17.1. The highest BCUT2D eigenvalue weighted by atomic mass is 31.0. The molecule has 0 N–H and O–H groups in total. The lowest BCUT2D eigenvalue weighted by molar-refractivity contribution is -0.326. The van der Waals surface area contributed by atoms with Crippen molar-refractivity contribution >= 4 is 36.6 Å². The highest BCUT2D eigenvalue weighted by Gasteiger charge is 2.50. The third-order valence-corrected chi connectivity index (χ3v) is 6.68. The van der Waals surface area contributed by atoms with Crippen molar-refractivity contribution in [3.63, 3.8) is 0 Å². The summed E-state index contributed by atoms with van der Waals surface area (Å²) in [4.78, 5) is 23.1. The van der Waals surface area contributed by atoms with Gasteiger partial charge in [0.1, 0.15) is 24.9 Å². The Labute approximate surface area is 205 Å². The van der Waals surface area contributed by atoms with Gasteiger partial charge in [-0.05, 0) is 40.7 Å². The Morgan fingerprint density at radius 2 is 1.41 bits per heavy atom. The molecule has 6 atom stereocenters. The first-order valence-electron chi connectivity index (χ1n) is 11.3. The first-order valence-corrected chi connectivity index (χ1v) is 12.9. The van der Waals surface area contributed by atoms with Gasteiger partial charge in [0.15, 0.2) is 6.10 Å². The summed E-state index contributed by atoms with van der Waals surface area (Å²) >= 11 is 0. The number of carbonyl (C=O) groups excluding carboxylic acids is 1. The molecule has 0 amide bonds. The van der Waals surface area contributed by atoms with Crippen LogP contribution in [0.2, 0.25) is 0 Å². The highest BCUT2D eigenvalue weighted by molar-refractivity contribution is 7.15. The summed E-state index contributed by atoms with van der Waals surface area (Å²) in [6, 6.07) is 16.3. The minimum absolute atomic E-state index is 0.268. The maximum atomic E-state index is 12.3. The van der Waals surface area contributed by atoms with E-state index in [1.165, 1.54) is 17.2 Å². The van der Waals surface area contributed by atoms with Crippen LogP contribution in [0, 0.1) is 0 Å². The van der Waals surface area contributed by atoms with E-state index in [9.17, 15) is 4.79 Å². The van der Waals surface area contributed by atoms with Gasteiger partial charge in [0, 0.05) is 6.08 Å². The van der Waals surface area contributed by atoms with Gasteiger partial charge < -0.3 is 14.2 Å². The SMILES string of the molecule is O=C(/C=C/c1ccc(CP)cc1)OC1COC2C(OOC/C=C/c3ccc(CP)cc3)COC12. The van der Waals surface area contributed by atoms with Gasteiger partial charge in [-0.3, -0.25) is 0 Å². The first kappa shape index (κ1) is 25.2. The quantitative estimate of drug-likeness (QED) is 0.122. The number of carbonyl (C=O) groups is 1. The van der Waals surface area contributed by atoms with Crippen LogP contribution < -0.4 is 0 Å². The lowest BCUT2D eigenvalue weighted by atomic mass is 10.1. The molecule has 6 unspecified atom stereocenters. The smallest absolute Gasteiger partial charge is 0.331 e. The van der Waals surface area contributed by atoms with Crippen molar-refractivity contribution in [1.29, 1.82) is 0 Å². The molecular formula is C26H30O6P2. The third kappa shape index (κ3) is 6.82. The van der Waals surface area contributed by atoms with Crippen LogP contribution in [0.1, 0.15) is 22.3 Å². The average Bonchev–Trinajstić information content (AvgIpc) is 3.46. The van der Waals surface area contributed by atoms with Crippen LogP contribution in [0.5, 0.6) is 0 Å². The van der Waals surface area contributed by atoms with E-state index in [0.29, 0.717) is 13.2 Å². The molecule has 4 rings (SSSR count). The lowest BCUT2D eigenvalue weighted by Crippen LogP contribution is -2.34. The number of esters is 1. The van der Waals surface area contributed by atoms with Crippen molar-refractivity contribution in [1.82, 2.24) is 0 Å². The lowest BCUT2D eigenvalue weighted by Gasteiger charge is -2.16. The van der Waals surface area contributed by atoms with Crippen LogP contribution in [0.4, 0.5) is 0 Å². The molecule has 2 fully saturated rings. The normalized spacial score (nSPS) is 24.2. The summed E-state index contributed by atoms with van der Waals surface area (Å²) in [5, 5.41) is 0. The van der Waals surface area contributed by atoms with Crippen molar-refractivity contribution in [3.05, 3.63) is 82.9 Å². The van der Waals surface area contributed by atoms with Gasteiger partial charge in [-0.25, -0.2) is 14.6 Å². The molecule has 2 aromatic carbocycles. The zero-order chi connectivity index (χ0) is 23.8. The molecule has 0 spiro atoms. The molecule has 8 heteroatoms. The van der Waals surface area contributed by atoms with E-state index >= 15 is 0 Å². The Bertz CT molecular complexity index is 989.